The molecule has 0 bridgehead atoms. The summed E-state index contributed by atoms with van der Waals surface area (Å²) in [5, 5.41) is 9.00. The van der Waals surface area contributed by atoms with Crippen molar-refractivity contribution in [3.63, 3.8) is 0 Å². The zero-order valence-corrected chi connectivity index (χ0v) is 7.52. The molecule has 0 heterocycles. The van der Waals surface area contributed by atoms with Gasteiger partial charge in [0.1, 0.15) is 11.9 Å². The number of benzene rings is 1. The van der Waals surface area contributed by atoms with Crippen molar-refractivity contribution >= 4 is 15.9 Å². The summed E-state index contributed by atoms with van der Waals surface area (Å²) in [6, 6.07) is 4.27. The van der Waals surface area contributed by atoms with Crippen LogP contribution in [-0.2, 0) is 0 Å². The number of aliphatic hydroxyl groups is 1. The van der Waals surface area contributed by atoms with Gasteiger partial charge in [0.2, 0.25) is 0 Å². The average molecular weight is 218 g/mol. The van der Waals surface area contributed by atoms with Crippen molar-refractivity contribution < 1.29 is 9.50 Å². The highest BCUT2D eigenvalue weighted by atomic mass is 79.9. The maximum absolute atomic E-state index is 12.6. The largest absolute Gasteiger partial charge is 0.382 e. The van der Waals surface area contributed by atoms with Gasteiger partial charge in [0, 0.05) is 4.47 Å². The van der Waals surface area contributed by atoms with Gasteiger partial charge in [-0.05, 0) is 30.7 Å². The van der Waals surface area contributed by atoms with E-state index in [0.717, 1.165) is 0 Å². The third-order valence-corrected chi connectivity index (χ3v) is 1.74. The molecule has 1 rings (SSSR count). The molecule has 59 valence electrons. The molecule has 0 aliphatic carbocycles. The van der Waals surface area contributed by atoms with E-state index in [1.165, 1.54) is 19.1 Å². The standard InChI is InChI=1S/C8H7BrFO/c1-5(11)6-2-7(9)4-8(10)3-6/h2-4,11H,1H3. The smallest absolute Gasteiger partial charge is 0.124 e. The summed E-state index contributed by atoms with van der Waals surface area (Å²) in [7, 11) is 0. The Kier molecular flexibility index (Phi) is 2.62. The molecule has 0 aliphatic heterocycles. The fourth-order valence-corrected chi connectivity index (χ4v) is 1.23. The van der Waals surface area contributed by atoms with Gasteiger partial charge in [-0.2, -0.15) is 0 Å². The molecular formula is C8H7BrFO. The van der Waals surface area contributed by atoms with Crippen molar-refractivity contribution in [3.05, 3.63) is 40.2 Å². The van der Waals surface area contributed by atoms with E-state index in [9.17, 15) is 4.39 Å². The van der Waals surface area contributed by atoms with Gasteiger partial charge < -0.3 is 5.11 Å². The quantitative estimate of drug-likeness (QED) is 0.768. The fourth-order valence-electron chi connectivity index (χ4n) is 0.763. The summed E-state index contributed by atoms with van der Waals surface area (Å²) < 4.78 is 13.3. The SMILES string of the molecule is C[C](O)c1cc(F)cc(Br)c1. The molecule has 1 aromatic rings. The molecule has 1 nitrogen and oxygen atoms in total. The Hall–Kier alpha value is -0.410. The van der Waals surface area contributed by atoms with Crippen LogP contribution in [0.15, 0.2) is 22.7 Å². The van der Waals surface area contributed by atoms with E-state index >= 15 is 0 Å². The van der Waals surface area contributed by atoms with Crippen molar-refractivity contribution in [2.75, 3.05) is 0 Å². The lowest BCUT2D eigenvalue weighted by molar-refractivity contribution is 0.340. The van der Waals surface area contributed by atoms with Gasteiger partial charge in [0.15, 0.2) is 0 Å². The molecule has 0 aliphatic rings. The van der Waals surface area contributed by atoms with Crippen LogP contribution in [0.2, 0.25) is 0 Å². The predicted octanol–water partition coefficient (Wildman–Crippen LogP) is 2.86. The second kappa shape index (κ2) is 3.32. The Morgan fingerprint density at radius 3 is 2.55 bits per heavy atom. The van der Waals surface area contributed by atoms with Crippen LogP contribution < -0.4 is 0 Å². The lowest BCUT2D eigenvalue weighted by atomic mass is 10.1. The fraction of sp³-hybridized carbons (Fsp3) is 0.125. The van der Waals surface area contributed by atoms with Crippen LogP contribution in [0.4, 0.5) is 4.39 Å². The molecule has 0 unspecified atom stereocenters. The van der Waals surface area contributed by atoms with Crippen LogP contribution in [-0.4, -0.2) is 5.11 Å². The minimum atomic E-state index is -0.359. The molecule has 0 amide bonds. The number of aliphatic hydroxyl groups excluding tert-OH is 1. The summed E-state index contributed by atoms with van der Waals surface area (Å²) in [6.45, 7) is 1.52. The van der Waals surface area contributed by atoms with Gasteiger partial charge in [-0.1, -0.05) is 15.9 Å². The first-order valence-electron chi connectivity index (χ1n) is 3.08. The van der Waals surface area contributed by atoms with Crippen molar-refractivity contribution in [2.24, 2.45) is 0 Å². The average Bonchev–Trinajstić information content (AvgIpc) is 1.85. The summed E-state index contributed by atoms with van der Waals surface area (Å²) in [5.41, 5.74) is 0.497. The summed E-state index contributed by atoms with van der Waals surface area (Å²) in [6.07, 6.45) is 0.116. The first-order valence-corrected chi connectivity index (χ1v) is 3.88. The van der Waals surface area contributed by atoms with Gasteiger partial charge in [0.05, 0.1) is 0 Å². The van der Waals surface area contributed by atoms with Gasteiger partial charge in [-0.3, -0.25) is 0 Å². The number of halogens is 2. The highest BCUT2D eigenvalue weighted by molar-refractivity contribution is 9.10. The second-order valence-electron chi connectivity index (χ2n) is 2.24. The van der Waals surface area contributed by atoms with E-state index in [1.54, 1.807) is 6.07 Å². The van der Waals surface area contributed by atoms with Crippen LogP contribution in [0.25, 0.3) is 0 Å². The number of hydrogen-bond acceptors (Lipinski definition) is 1. The lowest BCUT2D eigenvalue weighted by Gasteiger charge is -2.03. The van der Waals surface area contributed by atoms with Gasteiger partial charge >= 0.3 is 0 Å². The van der Waals surface area contributed by atoms with E-state index in [-0.39, 0.29) is 11.9 Å². The van der Waals surface area contributed by atoms with Crippen LogP contribution in [0, 0.1) is 11.9 Å². The molecule has 11 heavy (non-hydrogen) atoms. The lowest BCUT2D eigenvalue weighted by Crippen LogP contribution is -1.92. The topological polar surface area (TPSA) is 20.2 Å². The molecule has 0 fully saturated rings. The van der Waals surface area contributed by atoms with E-state index in [2.05, 4.69) is 15.9 Å². The molecule has 0 saturated carbocycles. The Bertz CT molecular complexity index is 240. The number of rotatable bonds is 1. The molecule has 3 heteroatoms. The Balaban J connectivity index is 3.08. The van der Waals surface area contributed by atoms with Crippen molar-refractivity contribution in [1.29, 1.82) is 0 Å². The van der Waals surface area contributed by atoms with Crippen molar-refractivity contribution in [1.82, 2.24) is 0 Å². The van der Waals surface area contributed by atoms with Crippen LogP contribution in [0.5, 0.6) is 0 Å². The van der Waals surface area contributed by atoms with Crippen LogP contribution in [0.1, 0.15) is 12.5 Å². The van der Waals surface area contributed by atoms with Crippen molar-refractivity contribution in [3.8, 4) is 0 Å². The minimum absolute atomic E-state index is 0.116. The Morgan fingerprint density at radius 1 is 1.45 bits per heavy atom. The number of hydrogen-bond donors (Lipinski definition) is 1. The molecule has 0 atom stereocenters. The third-order valence-electron chi connectivity index (χ3n) is 1.28. The Labute approximate surface area is 73.0 Å². The Morgan fingerprint density at radius 2 is 2.09 bits per heavy atom. The second-order valence-corrected chi connectivity index (χ2v) is 3.16. The van der Waals surface area contributed by atoms with Gasteiger partial charge in [0.25, 0.3) is 0 Å². The molecular weight excluding hydrogens is 211 g/mol. The van der Waals surface area contributed by atoms with Crippen molar-refractivity contribution in [2.45, 2.75) is 6.92 Å². The van der Waals surface area contributed by atoms with Gasteiger partial charge in [-0.15, -0.1) is 0 Å². The highest BCUT2D eigenvalue weighted by Crippen LogP contribution is 2.19. The first kappa shape index (κ1) is 8.68. The van der Waals surface area contributed by atoms with Gasteiger partial charge in [-0.25, -0.2) is 4.39 Å². The minimum Gasteiger partial charge on any atom is -0.382 e. The molecule has 1 radical (unpaired) electrons. The maximum Gasteiger partial charge on any atom is 0.124 e. The van der Waals surface area contributed by atoms with Crippen LogP contribution in [0.3, 0.4) is 0 Å². The summed E-state index contributed by atoms with van der Waals surface area (Å²) in [5.74, 6) is -0.359. The molecule has 0 saturated heterocycles. The molecule has 1 aromatic carbocycles. The van der Waals surface area contributed by atoms with Crippen LogP contribution >= 0.6 is 15.9 Å². The zero-order valence-electron chi connectivity index (χ0n) is 5.94. The van der Waals surface area contributed by atoms with E-state index in [4.69, 9.17) is 5.11 Å². The molecule has 0 aromatic heterocycles. The maximum atomic E-state index is 12.6. The highest BCUT2D eigenvalue weighted by Gasteiger charge is 2.04. The third kappa shape index (κ3) is 2.27. The van der Waals surface area contributed by atoms with E-state index in [0.29, 0.717) is 10.0 Å². The summed E-state index contributed by atoms with van der Waals surface area (Å²) in [4.78, 5) is 0. The molecule has 1 N–H and O–H groups in total. The van der Waals surface area contributed by atoms with E-state index in [1.807, 2.05) is 0 Å². The monoisotopic (exact) mass is 217 g/mol. The predicted molar refractivity (Wildman–Crippen MR) is 44.1 cm³/mol. The van der Waals surface area contributed by atoms with E-state index < -0.39 is 0 Å². The zero-order chi connectivity index (χ0) is 8.43. The molecule has 0 spiro atoms. The summed E-state index contributed by atoms with van der Waals surface area (Å²) >= 11 is 3.12. The normalized spacial score (nSPS) is 10.6. The first-order chi connectivity index (χ1) is 5.09.